The van der Waals surface area contributed by atoms with Crippen LogP contribution in [0.3, 0.4) is 0 Å². The van der Waals surface area contributed by atoms with Crippen LogP contribution in [0.4, 0.5) is 11.4 Å². The smallest absolute Gasteiger partial charge is 0.265 e. The first-order valence-electron chi connectivity index (χ1n) is 7.99. The van der Waals surface area contributed by atoms with E-state index in [0.717, 1.165) is 10.3 Å². The lowest BCUT2D eigenvalue weighted by Gasteiger charge is -2.18. The Morgan fingerprint density at radius 3 is 2.58 bits per heavy atom. The first-order valence-corrected chi connectivity index (χ1v) is 10.7. The van der Waals surface area contributed by atoms with Crippen molar-refractivity contribution in [3.05, 3.63) is 60.7 Å². The van der Waals surface area contributed by atoms with E-state index in [1.165, 1.54) is 4.31 Å². The fraction of sp³-hybridized carbons (Fsp3) is 0.105. The lowest BCUT2D eigenvalue weighted by atomic mass is 10.1. The summed E-state index contributed by atoms with van der Waals surface area (Å²) in [5.41, 5.74) is 1.19. The quantitative estimate of drug-likeness (QED) is 0.697. The Morgan fingerprint density at radius 1 is 1.08 bits per heavy atom. The normalized spacial score (nSPS) is 14.6. The minimum Gasteiger partial charge on any atom is -0.324 e. The van der Waals surface area contributed by atoms with Crippen molar-refractivity contribution < 1.29 is 13.2 Å². The van der Waals surface area contributed by atoms with Crippen LogP contribution in [0.15, 0.2) is 70.5 Å². The summed E-state index contributed by atoms with van der Waals surface area (Å²) >= 11 is 1.57. The average Bonchev–Trinajstić information content (AvgIpc) is 2.85. The van der Waals surface area contributed by atoms with Crippen LogP contribution in [0.1, 0.15) is 0 Å². The molecule has 0 aliphatic carbocycles. The number of rotatable bonds is 4. The number of anilines is 2. The van der Waals surface area contributed by atoms with Gasteiger partial charge in [0.25, 0.3) is 10.0 Å². The van der Waals surface area contributed by atoms with Gasteiger partial charge in [-0.05, 0) is 42.0 Å². The van der Waals surface area contributed by atoms with Gasteiger partial charge in [-0.25, -0.2) is 8.42 Å². The molecule has 0 aromatic heterocycles. The van der Waals surface area contributed by atoms with Gasteiger partial charge in [-0.2, -0.15) is 0 Å². The van der Waals surface area contributed by atoms with Gasteiger partial charge in [-0.1, -0.05) is 30.3 Å². The molecular formula is C19H16N2O3S2. The highest BCUT2D eigenvalue weighted by atomic mass is 32.2. The minimum absolute atomic E-state index is 0.253. The van der Waals surface area contributed by atoms with Gasteiger partial charge in [-0.3, -0.25) is 9.10 Å². The van der Waals surface area contributed by atoms with Gasteiger partial charge >= 0.3 is 0 Å². The highest BCUT2D eigenvalue weighted by Gasteiger charge is 2.36. The summed E-state index contributed by atoms with van der Waals surface area (Å²) in [6, 6.07) is 18.0. The van der Waals surface area contributed by atoms with Crippen molar-refractivity contribution in [2.75, 3.05) is 22.4 Å². The number of sulfonamides is 1. The molecule has 0 atom stereocenters. The largest absolute Gasteiger partial charge is 0.324 e. The Balaban J connectivity index is 1.65. The van der Waals surface area contributed by atoms with Crippen LogP contribution in [0.2, 0.25) is 0 Å². The molecule has 0 fully saturated rings. The van der Waals surface area contributed by atoms with Crippen molar-refractivity contribution in [2.24, 2.45) is 0 Å². The fourth-order valence-electron chi connectivity index (χ4n) is 3.16. The molecule has 26 heavy (non-hydrogen) atoms. The molecule has 132 valence electrons. The Kier molecular flexibility index (Phi) is 4.13. The monoisotopic (exact) mass is 384 g/mol. The molecular weight excluding hydrogens is 368 g/mol. The number of carbonyl (C=O) groups excluding carboxylic acids is 1. The van der Waals surface area contributed by atoms with E-state index >= 15 is 0 Å². The fourth-order valence-corrected chi connectivity index (χ4v) is 5.29. The van der Waals surface area contributed by atoms with Crippen LogP contribution in [0.25, 0.3) is 10.8 Å². The molecule has 3 aromatic rings. The second kappa shape index (κ2) is 6.34. The number of thioether (sulfide) groups is 1. The summed E-state index contributed by atoms with van der Waals surface area (Å²) in [4.78, 5) is 13.8. The van der Waals surface area contributed by atoms with Crippen LogP contribution in [-0.2, 0) is 14.8 Å². The van der Waals surface area contributed by atoms with Crippen LogP contribution in [0, 0.1) is 0 Å². The zero-order valence-corrected chi connectivity index (χ0v) is 15.6. The first kappa shape index (κ1) is 16.9. The van der Waals surface area contributed by atoms with Crippen molar-refractivity contribution in [3.63, 3.8) is 0 Å². The molecule has 7 heteroatoms. The van der Waals surface area contributed by atoms with Gasteiger partial charge < -0.3 is 5.32 Å². The van der Waals surface area contributed by atoms with Gasteiger partial charge in [0.05, 0.1) is 10.6 Å². The molecule has 0 radical (unpaired) electrons. The molecule has 0 saturated carbocycles. The van der Waals surface area contributed by atoms with Gasteiger partial charge in [0.15, 0.2) is 0 Å². The van der Waals surface area contributed by atoms with Crippen molar-refractivity contribution >= 4 is 49.8 Å². The number of benzene rings is 3. The molecule has 1 aliphatic heterocycles. The number of nitrogens with one attached hydrogen (secondary N) is 1. The number of carbonyl (C=O) groups is 1. The van der Waals surface area contributed by atoms with Gasteiger partial charge in [0, 0.05) is 16.0 Å². The molecule has 1 aliphatic rings. The average molecular weight is 384 g/mol. The zero-order valence-electron chi connectivity index (χ0n) is 14.0. The first-order chi connectivity index (χ1) is 12.5. The Morgan fingerprint density at radius 2 is 1.81 bits per heavy atom. The number of nitrogens with zero attached hydrogens (tertiary/aromatic N) is 1. The standard InChI is InChI=1S/C19H16N2O3S2/c1-25-15-8-4-7-14(11-15)20-18(22)12-21-16-9-2-5-13-6-3-10-17(19(13)16)26(21,23)24/h2-11H,12H2,1H3,(H,20,22). The topological polar surface area (TPSA) is 66.5 Å². The van der Waals surface area contributed by atoms with Gasteiger partial charge in [0.2, 0.25) is 5.91 Å². The summed E-state index contributed by atoms with van der Waals surface area (Å²) in [6.07, 6.45) is 1.95. The lowest BCUT2D eigenvalue weighted by molar-refractivity contribution is -0.114. The SMILES string of the molecule is CSc1cccc(NC(=O)CN2c3cccc4cccc(c34)S2(=O)=O)c1. The van der Waals surface area contributed by atoms with Crippen molar-refractivity contribution in [1.82, 2.24) is 0 Å². The number of hydrogen-bond acceptors (Lipinski definition) is 4. The third-order valence-electron chi connectivity index (χ3n) is 4.32. The van der Waals surface area contributed by atoms with Crippen LogP contribution in [0.5, 0.6) is 0 Å². The minimum atomic E-state index is -3.73. The van der Waals surface area contributed by atoms with Crippen molar-refractivity contribution in [2.45, 2.75) is 9.79 Å². The number of amides is 1. The summed E-state index contributed by atoms with van der Waals surface area (Å²) in [5, 5.41) is 4.30. The van der Waals surface area contributed by atoms with E-state index in [4.69, 9.17) is 0 Å². The predicted molar refractivity (Wildman–Crippen MR) is 105 cm³/mol. The van der Waals surface area contributed by atoms with Crippen molar-refractivity contribution in [3.8, 4) is 0 Å². The maximum Gasteiger partial charge on any atom is 0.265 e. The molecule has 1 heterocycles. The molecule has 5 nitrogen and oxygen atoms in total. The summed E-state index contributed by atoms with van der Waals surface area (Å²) in [6.45, 7) is -0.264. The summed E-state index contributed by atoms with van der Waals surface area (Å²) in [7, 11) is -3.73. The predicted octanol–water partition coefficient (Wildman–Crippen LogP) is 3.71. The third kappa shape index (κ3) is 2.73. The zero-order chi connectivity index (χ0) is 18.3. The highest BCUT2D eigenvalue weighted by Crippen LogP contribution is 2.41. The second-order valence-electron chi connectivity index (χ2n) is 5.92. The third-order valence-corrected chi connectivity index (χ3v) is 6.85. The van der Waals surface area contributed by atoms with Crippen LogP contribution < -0.4 is 9.62 Å². The van der Waals surface area contributed by atoms with Crippen molar-refractivity contribution in [1.29, 1.82) is 0 Å². The van der Waals surface area contributed by atoms with Gasteiger partial charge in [-0.15, -0.1) is 11.8 Å². The molecule has 0 unspecified atom stereocenters. The second-order valence-corrected chi connectivity index (χ2v) is 8.63. The Labute approximate surface area is 156 Å². The van der Waals surface area contributed by atoms with E-state index in [-0.39, 0.29) is 17.3 Å². The Bertz CT molecular complexity index is 1120. The van der Waals surface area contributed by atoms with E-state index in [1.807, 2.05) is 36.6 Å². The van der Waals surface area contributed by atoms with E-state index in [9.17, 15) is 13.2 Å². The van der Waals surface area contributed by atoms with E-state index in [1.54, 1.807) is 42.1 Å². The number of hydrogen-bond donors (Lipinski definition) is 1. The molecule has 4 rings (SSSR count). The highest BCUT2D eigenvalue weighted by molar-refractivity contribution is 7.98. The molecule has 0 spiro atoms. The van der Waals surface area contributed by atoms with Crippen LogP contribution in [-0.4, -0.2) is 27.1 Å². The molecule has 0 bridgehead atoms. The van der Waals surface area contributed by atoms with Crippen LogP contribution >= 0.6 is 11.8 Å². The molecule has 3 aromatic carbocycles. The maximum absolute atomic E-state index is 12.9. The van der Waals surface area contributed by atoms with Gasteiger partial charge in [0.1, 0.15) is 6.54 Å². The maximum atomic E-state index is 12.9. The summed E-state index contributed by atoms with van der Waals surface area (Å²) in [5.74, 6) is -0.378. The van der Waals surface area contributed by atoms with E-state index < -0.39 is 10.0 Å². The van der Waals surface area contributed by atoms with E-state index in [2.05, 4.69) is 5.32 Å². The molecule has 1 amide bonds. The molecule has 1 N–H and O–H groups in total. The lowest BCUT2D eigenvalue weighted by Crippen LogP contribution is -2.35. The molecule has 0 saturated heterocycles. The Hall–Kier alpha value is -2.51. The summed E-state index contributed by atoms with van der Waals surface area (Å²) < 4.78 is 27.0. The van der Waals surface area contributed by atoms with E-state index in [0.29, 0.717) is 16.8 Å².